The van der Waals surface area contributed by atoms with Crippen molar-refractivity contribution >= 4 is 51.2 Å². The zero-order chi connectivity index (χ0) is 20.4. The van der Waals surface area contributed by atoms with E-state index in [2.05, 4.69) is 21.2 Å². The number of benzene rings is 1. The maximum absolute atomic E-state index is 12.7. The Labute approximate surface area is 172 Å². The van der Waals surface area contributed by atoms with Gasteiger partial charge in [-0.05, 0) is 23.3 Å². The van der Waals surface area contributed by atoms with Gasteiger partial charge in [0.1, 0.15) is 23.7 Å². The number of alkyl halides is 1. The molecule has 9 nitrogen and oxygen atoms in total. The van der Waals surface area contributed by atoms with Gasteiger partial charge in [-0.3, -0.25) is 24.6 Å². The number of nitro groups is 1. The largest absolute Gasteiger partial charge is 0.456 e. The Morgan fingerprint density at radius 1 is 1.39 bits per heavy atom. The third kappa shape index (κ3) is 3.90. The van der Waals surface area contributed by atoms with Gasteiger partial charge in [-0.25, -0.2) is 4.79 Å². The van der Waals surface area contributed by atoms with Crippen LogP contribution in [0.15, 0.2) is 35.5 Å². The predicted molar refractivity (Wildman–Crippen MR) is 104 cm³/mol. The van der Waals surface area contributed by atoms with Gasteiger partial charge in [-0.15, -0.1) is 11.8 Å². The summed E-state index contributed by atoms with van der Waals surface area (Å²) in [5.41, 5.74) is 1.45. The number of hydrogen-bond donors (Lipinski definition) is 1. The first-order chi connectivity index (χ1) is 13.3. The summed E-state index contributed by atoms with van der Waals surface area (Å²) in [6.45, 7) is 1.26. The predicted octanol–water partition coefficient (Wildman–Crippen LogP) is 1.71. The van der Waals surface area contributed by atoms with Crippen molar-refractivity contribution in [3.63, 3.8) is 0 Å². The minimum absolute atomic E-state index is 0.0540. The van der Waals surface area contributed by atoms with E-state index < -0.39 is 16.9 Å². The molecule has 2 heterocycles. The zero-order valence-corrected chi connectivity index (χ0v) is 17.1. The third-order valence-electron chi connectivity index (χ3n) is 4.28. The van der Waals surface area contributed by atoms with E-state index in [0.717, 1.165) is 5.57 Å². The van der Waals surface area contributed by atoms with Gasteiger partial charge in [-0.1, -0.05) is 15.9 Å². The van der Waals surface area contributed by atoms with Crippen LogP contribution in [0, 0.1) is 10.1 Å². The summed E-state index contributed by atoms with van der Waals surface area (Å²) in [5.74, 6) is -0.783. The number of thioether (sulfide) groups is 1. The average Bonchev–Trinajstić information content (AvgIpc) is 2.69. The number of nitrogens with zero attached hydrogens (tertiary/aromatic N) is 2. The molecule has 1 aromatic carbocycles. The first-order valence-electron chi connectivity index (χ1n) is 8.23. The quantitative estimate of drug-likeness (QED) is 0.221. The lowest BCUT2D eigenvalue weighted by molar-refractivity contribution is -0.384. The maximum Gasteiger partial charge on any atom is 0.355 e. The minimum atomic E-state index is -0.656. The number of nitro benzene ring substituents is 1. The van der Waals surface area contributed by atoms with Gasteiger partial charge in [0.15, 0.2) is 0 Å². The number of amides is 2. The van der Waals surface area contributed by atoms with Crippen LogP contribution in [-0.2, 0) is 25.7 Å². The number of hydrogen-bond acceptors (Lipinski definition) is 7. The van der Waals surface area contributed by atoms with Crippen LogP contribution in [0.25, 0.3) is 0 Å². The van der Waals surface area contributed by atoms with Gasteiger partial charge in [0.2, 0.25) is 5.91 Å². The fraction of sp³-hybridized carbons (Fsp3) is 0.353. The average molecular weight is 470 g/mol. The van der Waals surface area contributed by atoms with E-state index in [1.165, 1.54) is 47.9 Å². The summed E-state index contributed by atoms with van der Waals surface area (Å²) < 4.78 is 5.34. The number of esters is 1. The molecule has 2 aliphatic heterocycles. The van der Waals surface area contributed by atoms with Crippen molar-refractivity contribution in [2.24, 2.45) is 0 Å². The second-order valence-electron chi connectivity index (χ2n) is 6.17. The van der Waals surface area contributed by atoms with Gasteiger partial charge in [0, 0.05) is 30.1 Å². The van der Waals surface area contributed by atoms with Crippen LogP contribution in [0.5, 0.6) is 0 Å². The molecule has 0 bridgehead atoms. The summed E-state index contributed by atoms with van der Waals surface area (Å²) in [5, 5.41) is 13.4. The van der Waals surface area contributed by atoms with Crippen LogP contribution in [0.1, 0.15) is 12.5 Å². The van der Waals surface area contributed by atoms with Crippen molar-refractivity contribution in [1.82, 2.24) is 10.2 Å². The molecule has 1 fully saturated rings. The number of non-ortho nitro benzene ring substituents is 1. The van der Waals surface area contributed by atoms with Crippen molar-refractivity contribution in [3.8, 4) is 0 Å². The molecule has 0 aliphatic carbocycles. The fourth-order valence-electron chi connectivity index (χ4n) is 2.92. The molecule has 2 amide bonds. The number of carbonyl (C=O) groups is 3. The van der Waals surface area contributed by atoms with Crippen molar-refractivity contribution in [2.75, 3.05) is 11.1 Å². The lowest BCUT2D eigenvalue weighted by atomic mass is 10.0. The van der Waals surface area contributed by atoms with E-state index in [1.54, 1.807) is 0 Å². The molecule has 0 saturated carbocycles. The number of halogens is 1. The molecule has 1 aromatic rings. The van der Waals surface area contributed by atoms with Crippen LogP contribution in [0.2, 0.25) is 0 Å². The molecular formula is C17H16BrN3O6S. The highest BCUT2D eigenvalue weighted by Gasteiger charge is 2.54. The standard InChI is InChI=1S/C17H16BrN3O6S/c1-9(22)19-13-15(23)20-14(11(6-18)8-28-16(13)20)17(24)27-7-10-2-4-12(5-3-10)21(25)26/h2-5,13,16H,6-8H2,1H3,(H,19,22)/t13?,16-/m0/s1. The number of rotatable bonds is 6. The van der Waals surface area contributed by atoms with Crippen LogP contribution in [0.3, 0.4) is 0 Å². The number of fused-ring (bicyclic) bond motifs is 1. The van der Waals surface area contributed by atoms with E-state index in [1.807, 2.05) is 0 Å². The van der Waals surface area contributed by atoms with Gasteiger partial charge in [0.25, 0.3) is 11.6 Å². The number of ether oxygens (including phenoxy) is 1. The maximum atomic E-state index is 12.7. The van der Waals surface area contributed by atoms with Crippen molar-refractivity contribution < 1.29 is 24.0 Å². The highest BCUT2D eigenvalue weighted by Crippen LogP contribution is 2.41. The topological polar surface area (TPSA) is 119 Å². The summed E-state index contributed by atoms with van der Waals surface area (Å²) >= 11 is 4.80. The molecule has 148 valence electrons. The number of nitrogens with one attached hydrogen (secondary N) is 1. The van der Waals surface area contributed by atoms with Gasteiger partial charge in [0.05, 0.1) is 4.92 Å². The van der Waals surface area contributed by atoms with Crippen LogP contribution < -0.4 is 5.32 Å². The highest BCUT2D eigenvalue weighted by molar-refractivity contribution is 9.09. The third-order valence-corrected chi connectivity index (χ3v) is 6.29. The monoisotopic (exact) mass is 469 g/mol. The Hall–Kier alpha value is -2.40. The molecule has 11 heteroatoms. The van der Waals surface area contributed by atoms with Crippen molar-refractivity contribution in [1.29, 1.82) is 0 Å². The molecule has 0 aromatic heterocycles. The van der Waals surface area contributed by atoms with E-state index >= 15 is 0 Å². The van der Waals surface area contributed by atoms with Gasteiger partial charge in [-0.2, -0.15) is 0 Å². The molecule has 1 unspecified atom stereocenters. The summed E-state index contributed by atoms with van der Waals surface area (Å²) in [6.07, 6.45) is 0. The minimum Gasteiger partial charge on any atom is -0.456 e. The van der Waals surface area contributed by atoms with Gasteiger partial charge >= 0.3 is 5.97 Å². The summed E-state index contributed by atoms with van der Waals surface area (Å²) in [7, 11) is 0. The van der Waals surface area contributed by atoms with Gasteiger partial charge < -0.3 is 10.1 Å². The Morgan fingerprint density at radius 2 is 2.07 bits per heavy atom. The van der Waals surface area contributed by atoms with Crippen molar-refractivity contribution in [3.05, 3.63) is 51.2 Å². The van der Waals surface area contributed by atoms with E-state index in [9.17, 15) is 24.5 Å². The second kappa shape index (κ2) is 8.31. The second-order valence-corrected chi connectivity index (χ2v) is 7.84. The first kappa shape index (κ1) is 20.3. The van der Waals surface area contributed by atoms with Crippen LogP contribution in [-0.4, -0.2) is 50.1 Å². The Bertz CT molecular complexity index is 872. The van der Waals surface area contributed by atoms with E-state index in [0.29, 0.717) is 16.6 Å². The number of β-lactam (4-membered cyclic amide) rings is 1. The highest BCUT2D eigenvalue weighted by atomic mass is 79.9. The van der Waals surface area contributed by atoms with E-state index in [4.69, 9.17) is 4.74 Å². The normalized spacial score (nSPS) is 20.9. The molecule has 3 rings (SSSR count). The molecule has 28 heavy (non-hydrogen) atoms. The van der Waals surface area contributed by atoms with E-state index in [-0.39, 0.29) is 35.2 Å². The smallest absolute Gasteiger partial charge is 0.355 e. The fourth-order valence-corrected chi connectivity index (χ4v) is 5.00. The molecule has 0 spiro atoms. The van der Waals surface area contributed by atoms with Crippen LogP contribution >= 0.6 is 27.7 Å². The molecule has 1 saturated heterocycles. The lowest BCUT2D eigenvalue weighted by Crippen LogP contribution is -2.70. The summed E-state index contributed by atoms with van der Waals surface area (Å²) in [4.78, 5) is 48.0. The Kier molecular flexibility index (Phi) is 6.04. The SMILES string of the molecule is CC(=O)NC1C(=O)N2C(C(=O)OCc3ccc([N+](=O)[O-])cc3)=C(CBr)CS[C@@H]12. The summed E-state index contributed by atoms with van der Waals surface area (Å²) in [6, 6.07) is 5.02. The Balaban J connectivity index is 1.72. The molecule has 2 aliphatic rings. The molecule has 2 atom stereocenters. The Morgan fingerprint density at radius 3 is 2.64 bits per heavy atom. The molecule has 1 N–H and O–H groups in total. The van der Waals surface area contributed by atoms with Crippen LogP contribution in [0.4, 0.5) is 5.69 Å². The lowest BCUT2D eigenvalue weighted by Gasteiger charge is -2.49. The zero-order valence-electron chi connectivity index (χ0n) is 14.7. The van der Waals surface area contributed by atoms with Crippen molar-refractivity contribution in [2.45, 2.75) is 24.9 Å². The molecular weight excluding hydrogens is 454 g/mol. The number of carbonyl (C=O) groups excluding carboxylic acids is 3. The first-order valence-corrected chi connectivity index (χ1v) is 10.4. The molecule has 0 radical (unpaired) electrons.